The Hall–Kier alpha value is -3.05. The minimum Gasteiger partial charge on any atom is -0.325 e. The summed E-state index contributed by atoms with van der Waals surface area (Å²) in [6, 6.07) is 9.29. The fourth-order valence-corrected chi connectivity index (χ4v) is 4.14. The minimum absolute atomic E-state index is 0.0128. The van der Waals surface area contributed by atoms with Crippen LogP contribution in [0, 0.1) is 13.8 Å². The van der Waals surface area contributed by atoms with E-state index in [0.29, 0.717) is 22.2 Å². The highest BCUT2D eigenvalue weighted by molar-refractivity contribution is 8.00. The molecule has 0 aliphatic carbocycles. The number of nitrogens with zero attached hydrogens (tertiary/aromatic N) is 4. The lowest BCUT2D eigenvalue weighted by Crippen LogP contribution is -2.22. The van der Waals surface area contributed by atoms with Gasteiger partial charge in [0.15, 0.2) is 5.16 Å². The number of carbonyl (C=O) groups is 1. The topological polar surface area (TPSA) is 127 Å². The van der Waals surface area contributed by atoms with Crippen molar-refractivity contribution in [2.45, 2.75) is 36.1 Å². The maximum atomic E-state index is 12.6. The second-order valence-electron chi connectivity index (χ2n) is 6.38. The number of benzene rings is 1. The van der Waals surface area contributed by atoms with Crippen LogP contribution in [0.1, 0.15) is 18.3 Å². The van der Waals surface area contributed by atoms with Gasteiger partial charge in [0.25, 0.3) is 10.0 Å². The van der Waals surface area contributed by atoms with Crippen LogP contribution in [0.5, 0.6) is 0 Å². The van der Waals surface area contributed by atoms with E-state index in [-0.39, 0.29) is 16.8 Å². The van der Waals surface area contributed by atoms with E-state index < -0.39 is 15.3 Å². The SMILES string of the molecule is Cc1cc(C)nc(NS(=O)(=O)c2ccc(NC(=O)C(C)Sc3ncccn3)cc2)n1. The largest absolute Gasteiger partial charge is 0.325 e. The van der Waals surface area contributed by atoms with Crippen LogP contribution in [0.4, 0.5) is 11.6 Å². The van der Waals surface area contributed by atoms with Crippen LogP contribution >= 0.6 is 11.8 Å². The third-order valence-corrected chi connectivity index (χ3v) is 6.17. The second-order valence-corrected chi connectivity index (χ2v) is 9.38. The fraction of sp³-hybridized carbons (Fsp3) is 0.211. The van der Waals surface area contributed by atoms with E-state index >= 15 is 0 Å². The van der Waals surface area contributed by atoms with E-state index in [4.69, 9.17) is 0 Å². The van der Waals surface area contributed by atoms with Gasteiger partial charge in [-0.05, 0) is 57.2 Å². The highest BCUT2D eigenvalue weighted by Gasteiger charge is 2.18. The Kier molecular flexibility index (Phi) is 6.63. The maximum absolute atomic E-state index is 12.6. The molecule has 0 fully saturated rings. The van der Waals surface area contributed by atoms with Gasteiger partial charge >= 0.3 is 0 Å². The Bertz CT molecular complexity index is 1120. The molecule has 0 saturated carbocycles. The standard InChI is InChI=1S/C19H20N6O3S2/c1-12-11-13(2)23-18(22-12)25-30(27,28)16-7-5-15(6-8-16)24-17(26)14(3)29-19-20-9-4-10-21-19/h4-11,14H,1-3H3,(H,24,26)(H,22,23,25). The minimum atomic E-state index is -3.86. The van der Waals surface area contributed by atoms with Crippen LogP contribution in [0.3, 0.4) is 0 Å². The van der Waals surface area contributed by atoms with Crippen molar-refractivity contribution in [3.05, 3.63) is 60.2 Å². The molecule has 1 atom stereocenters. The van der Waals surface area contributed by atoms with Gasteiger partial charge in [-0.15, -0.1) is 0 Å². The number of thioether (sulfide) groups is 1. The molecule has 0 aliphatic heterocycles. The summed E-state index contributed by atoms with van der Waals surface area (Å²) in [5.41, 5.74) is 1.79. The Morgan fingerprint density at radius 2 is 1.63 bits per heavy atom. The van der Waals surface area contributed by atoms with Gasteiger partial charge in [0.2, 0.25) is 11.9 Å². The number of sulfonamides is 1. The molecule has 30 heavy (non-hydrogen) atoms. The number of rotatable bonds is 7. The van der Waals surface area contributed by atoms with E-state index in [1.54, 1.807) is 45.3 Å². The van der Waals surface area contributed by atoms with Crippen molar-refractivity contribution >= 4 is 39.3 Å². The number of amides is 1. The van der Waals surface area contributed by atoms with Gasteiger partial charge in [0.05, 0.1) is 10.1 Å². The number of hydrogen-bond acceptors (Lipinski definition) is 8. The van der Waals surface area contributed by atoms with Crippen molar-refractivity contribution in [3.63, 3.8) is 0 Å². The molecular formula is C19H20N6O3S2. The average molecular weight is 445 g/mol. The maximum Gasteiger partial charge on any atom is 0.264 e. The molecule has 2 aromatic heterocycles. The number of hydrogen-bond donors (Lipinski definition) is 2. The smallest absolute Gasteiger partial charge is 0.264 e. The highest BCUT2D eigenvalue weighted by atomic mass is 32.2. The zero-order chi connectivity index (χ0) is 21.7. The third kappa shape index (κ3) is 5.74. The predicted molar refractivity (Wildman–Crippen MR) is 115 cm³/mol. The van der Waals surface area contributed by atoms with Gasteiger partial charge in [-0.3, -0.25) is 4.79 Å². The van der Waals surface area contributed by atoms with E-state index in [1.807, 2.05) is 0 Å². The van der Waals surface area contributed by atoms with Crippen molar-refractivity contribution in [1.29, 1.82) is 0 Å². The van der Waals surface area contributed by atoms with Crippen LogP contribution in [0.15, 0.2) is 58.8 Å². The second kappa shape index (κ2) is 9.18. The number of carbonyl (C=O) groups excluding carboxylic acids is 1. The normalized spacial score (nSPS) is 12.2. The summed E-state index contributed by atoms with van der Waals surface area (Å²) >= 11 is 1.23. The van der Waals surface area contributed by atoms with Crippen LogP contribution in [-0.4, -0.2) is 39.5 Å². The zero-order valence-corrected chi connectivity index (χ0v) is 18.2. The average Bonchev–Trinajstić information content (AvgIpc) is 2.68. The lowest BCUT2D eigenvalue weighted by Gasteiger charge is -2.12. The van der Waals surface area contributed by atoms with Gasteiger partial charge in [-0.1, -0.05) is 11.8 Å². The molecule has 9 nitrogen and oxygen atoms in total. The molecule has 0 bridgehead atoms. The summed E-state index contributed by atoms with van der Waals surface area (Å²) in [5.74, 6) is -0.233. The van der Waals surface area contributed by atoms with Crippen molar-refractivity contribution < 1.29 is 13.2 Å². The first kappa shape index (κ1) is 21.7. The highest BCUT2D eigenvalue weighted by Crippen LogP contribution is 2.21. The summed E-state index contributed by atoms with van der Waals surface area (Å²) < 4.78 is 27.5. The van der Waals surface area contributed by atoms with E-state index in [0.717, 1.165) is 0 Å². The van der Waals surface area contributed by atoms with Crippen molar-refractivity contribution in [1.82, 2.24) is 19.9 Å². The number of aryl methyl sites for hydroxylation is 2. The van der Waals surface area contributed by atoms with Crippen LogP contribution in [-0.2, 0) is 14.8 Å². The molecular weight excluding hydrogens is 424 g/mol. The molecule has 11 heteroatoms. The molecule has 3 aromatic rings. The monoisotopic (exact) mass is 444 g/mol. The van der Waals surface area contributed by atoms with Gasteiger partial charge in [0.1, 0.15) is 0 Å². The van der Waals surface area contributed by atoms with E-state index in [2.05, 4.69) is 30.0 Å². The molecule has 1 aromatic carbocycles. The summed E-state index contributed by atoms with van der Waals surface area (Å²) in [4.78, 5) is 28.7. The van der Waals surface area contributed by atoms with Crippen LogP contribution < -0.4 is 10.0 Å². The van der Waals surface area contributed by atoms with Crippen molar-refractivity contribution in [2.24, 2.45) is 0 Å². The Morgan fingerprint density at radius 1 is 1.03 bits per heavy atom. The molecule has 2 N–H and O–H groups in total. The predicted octanol–water partition coefficient (Wildman–Crippen LogP) is 2.80. The molecule has 1 amide bonds. The quantitative estimate of drug-likeness (QED) is 0.421. The van der Waals surface area contributed by atoms with Crippen molar-refractivity contribution in [2.75, 3.05) is 10.0 Å². The van der Waals surface area contributed by atoms with E-state index in [9.17, 15) is 13.2 Å². The molecule has 0 aliphatic rings. The Balaban J connectivity index is 1.65. The van der Waals surface area contributed by atoms with Crippen LogP contribution in [0.2, 0.25) is 0 Å². The Labute approximate surface area is 178 Å². The molecule has 2 heterocycles. The molecule has 3 rings (SSSR count). The third-order valence-electron chi connectivity index (χ3n) is 3.83. The number of aromatic nitrogens is 4. The summed E-state index contributed by atoms with van der Waals surface area (Å²) in [5, 5.41) is 2.82. The zero-order valence-electron chi connectivity index (χ0n) is 16.5. The first-order chi connectivity index (χ1) is 14.2. The van der Waals surface area contributed by atoms with Gasteiger partial charge in [-0.2, -0.15) is 0 Å². The summed E-state index contributed by atoms with van der Waals surface area (Å²) in [7, 11) is -3.86. The first-order valence-corrected chi connectivity index (χ1v) is 11.3. The molecule has 1 unspecified atom stereocenters. The van der Waals surface area contributed by atoms with Crippen LogP contribution in [0.25, 0.3) is 0 Å². The van der Waals surface area contributed by atoms with Gasteiger partial charge in [-0.25, -0.2) is 33.1 Å². The molecule has 0 saturated heterocycles. The van der Waals surface area contributed by atoms with Gasteiger partial charge in [0, 0.05) is 29.5 Å². The molecule has 0 spiro atoms. The molecule has 0 radical (unpaired) electrons. The fourth-order valence-electron chi connectivity index (χ4n) is 2.47. The number of nitrogens with one attached hydrogen (secondary N) is 2. The lowest BCUT2D eigenvalue weighted by atomic mass is 10.3. The Morgan fingerprint density at radius 3 is 2.23 bits per heavy atom. The lowest BCUT2D eigenvalue weighted by molar-refractivity contribution is -0.115. The summed E-state index contributed by atoms with van der Waals surface area (Å²) in [6.07, 6.45) is 3.21. The van der Waals surface area contributed by atoms with Crippen molar-refractivity contribution in [3.8, 4) is 0 Å². The summed E-state index contributed by atoms with van der Waals surface area (Å²) in [6.45, 7) is 5.25. The molecule has 156 valence electrons. The number of anilines is 2. The first-order valence-electron chi connectivity index (χ1n) is 8.92. The van der Waals surface area contributed by atoms with E-state index in [1.165, 1.54) is 36.0 Å². The van der Waals surface area contributed by atoms with Gasteiger partial charge < -0.3 is 5.32 Å².